The highest BCUT2D eigenvalue weighted by atomic mass is 32.2. The molecule has 1 unspecified atom stereocenters. The summed E-state index contributed by atoms with van der Waals surface area (Å²) in [6.45, 7) is 1.70. The van der Waals surface area contributed by atoms with Gasteiger partial charge < -0.3 is 5.11 Å². The van der Waals surface area contributed by atoms with Gasteiger partial charge in [0.05, 0.1) is 22.9 Å². The maximum Gasteiger partial charge on any atom is 0.304 e. The molecule has 1 aromatic carbocycles. The number of hydrogen-bond donors (Lipinski definition) is 2. The van der Waals surface area contributed by atoms with E-state index in [0.29, 0.717) is 12.0 Å². The molecule has 1 rings (SSSR count). The van der Waals surface area contributed by atoms with Crippen molar-refractivity contribution in [3.8, 4) is 6.07 Å². The summed E-state index contributed by atoms with van der Waals surface area (Å²) in [6, 6.07) is 6.66. The van der Waals surface area contributed by atoms with Crippen molar-refractivity contribution in [2.75, 3.05) is 0 Å². The lowest BCUT2D eigenvalue weighted by Crippen LogP contribution is -2.36. The second-order valence-corrected chi connectivity index (χ2v) is 5.67. The van der Waals surface area contributed by atoms with Crippen LogP contribution in [0.4, 0.5) is 0 Å². The number of carboxylic acids is 1. The fraction of sp³-hybridized carbons (Fsp3) is 0.333. The third kappa shape index (κ3) is 4.35. The fourth-order valence-electron chi connectivity index (χ4n) is 1.48. The first-order valence-corrected chi connectivity index (χ1v) is 7.11. The molecule has 0 aromatic heterocycles. The standard InChI is InChI=1S/C12H14N2O4S/c1-2-10(7-12(15)16)14-19(17,18)11-5-3-9(8-13)4-6-11/h3-6,10,14H,2,7H2,1H3,(H,15,16). The highest BCUT2D eigenvalue weighted by Gasteiger charge is 2.20. The molecule has 0 amide bonds. The van der Waals surface area contributed by atoms with E-state index in [1.54, 1.807) is 6.92 Å². The molecule has 0 saturated heterocycles. The van der Waals surface area contributed by atoms with Crippen LogP contribution in [0.25, 0.3) is 0 Å². The summed E-state index contributed by atoms with van der Waals surface area (Å²) < 4.78 is 26.3. The second kappa shape index (κ2) is 6.31. The van der Waals surface area contributed by atoms with Gasteiger partial charge >= 0.3 is 5.97 Å². The van der Waals surface area contributed by atoms with Crippen LogP contribution in [-0.4, -0.2) is 25.5 Å². The van der Waals surface area contributed by atoms with Crippen LogP contribution in [0, 0.1) is 11.3 Å². The minimum Gasteiger partial charge on any atom is -0.481 e. The smallest absolute Gasteiger partial charge is 0.304 e. The minimum atomic E-state index is -3.76. The number of nitrogens with one attached hydrogen (secondary N) is 1. The Morgan fingerprint density at radius 3 is 2.42 bits per heavy atom. The van der Waals surface area contributed by atoms with Gasteiger partial charge in [-0.05, 0) is 30.7 Å². The zero-order valence-electron chi connectivity index (χ0n) is 10.3. The summed E-state index contributed by atoms with van der Waals surface area (Å²) in [7, 11) is -3.76. The van der Waals surface area contributed by atoms with Crippen molar-refractivity contribution in [3.63, 3.8) is 0 Å². The maximum atomic E-state index is 12.0. The molecule has 6 nitrogen and oxygen atoms in total. The summed E-state index contributed by atoms with van der Waals surface area (Å²) in [4.78, 5) is 10.6. The van der Waals surface area contributed by atoms with Crippen molar-refractivity contribution in [1.82, 2.24) is 4.72 Å². The Bertz CT molecular complexity index is 587. The normalized spacial score (nSPS) is 12.6. The molecule has 0 spiro atoms. The van der Waals surface area contributed by atoms with E-state index in [0.717, 1.165) is 0 Å². The van der Waals surface area contributed by atoms with Gasteiger partial charge in [0.15, 0.2) is 0 Å². The molecule has 7 heteroatoms. The monoisotopic (exact) mass is 282 g/mol. The lowest BCUT2D eigenvalue weighted by atomic mass is 10.2. The molecule has 0 aliphatic rings. The molecule has 0 aliphatic carbocycles. The molecule has 19 heavy (non-hydrogen) atoms. The van der Waals surface area contributed by atoms with Crippen LogP contribution in [-0.2, 0) is 14.8 Å². The van der Waals surface area contributed by atoms with Gasteiger partial charge in [-0.3, -0.25) is 4.79 Å². The molecule has 1 atom stereocenters. The van der Waals surface area contributed by atoms with E-state index in [1.807, 2.05) is 6.07 Å². The summed E-state index contributed by atoms with van der Waals surface area (Å²) >= 11 is 0. The Balaban J connectivity index is 2.90. The van der Waals surface area contributed by atoms with Gasteiger partial charge in [0.25, 0.3) is 0 Å². The molecule has 0 heterocycles. The van der Waals surface area contributed by atoms with Gasteiger partial charge in [0.2, 0.25) is 10.0 Å². The van der Waals surface area contributed by atoms with E-state index >= 15 is 0 Å². The Morgan fingerprint density at radius 1 is 1.42 bits per heavy atom. The number of nitrogens with zero attached hydrogens (tertiary/aromatic N) is 1. The molecule has 0 bridgehead atoms. The van der Waals surface area contributed by atoms with Crippen molar-refractivity contribution in [2.24, 2.45) is 0 Å². The molecule has 102 valence electrons. The van der Waals surface area contributed by atoms with Crippen LogP contribution in [0.15, 0.2) is 29.2 Å². The van der Waals surface area contributed by atoms with E-state index in [4.69, 9.17) is 10.4 Å². The number of sulfonamides is 1. The quantitative estimate of drug-likeness (QED) is 0.812. The van der Waals surface area contributed by atoms with E-state index < -0.39 is 22.0 Å². The molecular formula is C12H14N2O4S. The molecule has 1 aromatic rings. The summed E-state index contributed by atoms with van der Waals surface area (Å²) in [5, 5.41) is 17.3. The van der Waals surface area contributed by atoms with Crippen LogP contribution in [0.2, 0.25) is 0 Å². The molecular weight excluding hydrogens is 268 g/mol. The number of rotatable bonds is 6. The predicted octanol–water partition coefficient (Wildman–Crippen LogP) is 1.09. The maximum absolute atomic E-state index is 12.0. The van der Waals surface area contributed by atoms with Gasteiger partial charge in [-0.25, -0.2) is 13.1 Å². The third-order valence-electron chi connectivity index (χ3n) is 2.53. The topological polar surface area (TPSA) is 107 Å². The van der Waals surface area contributed by atoms with Gasteiger partial charge in [-0.15, -0.1) is 0 Å². The number of nitriles is 1. The van der Waals surface area contributed by atoms with Gasteiger partial charge in [0, 0.05) is 6.04 Å². The number of benzene rings is 1. The van der Waals surface area contributed by atoms with Crippen LogP contribution in [0.3, 0.4) is 0 Å². The van der Waals surface area contributed by atoms with E-state index in [1.165, 1.54) is 24.3 Å². The van der Waals surface area contributed by atoms with Crippen LogP contribution in [0.5, 0.6) is 0 Å². The van der Waals surface area contributed by atoms with Crippen molar-refractivity contribution in [3.05, 3.63) is 29.8 Å². The number of carboxylic acid groups (broad SMARTS) is 1. The number of aliphatic carboxylic acids is 1. The molecule has 2 N–H and O–H groups in total. The van der Waals surface area contributed by atoms with Gasteiger partial charge in [0.1, 0.15) is 0 Å². The zero-order valence-corrected chi connectivity index (χ0v) is 11.1. The van der Waals surface area contributed by atoms with Crippen molar-refractivity contribution in [2.45, 2.75) is 30.7 Å². The highest BCUT2D eigenvalue weighted by molar-refractivity contribution is 7.89. The Labute approximate surface area is 111 Å². The first-order chi connectivity index (χ1) is 8.89. The molecule has 0 radical (unpaired) electrons. The predicted molar refractivity (Wildman–Crippen MR) is 67.8 cm³/mol. The second-order valence-electron chi connectivity index (χ2n) is 3.96. The minimum absolute atomic E-state index is 0.00957. The highest BCUT2D eigenvalue weighted by Crippen LogP contribution is 2.12. The molecule has 0 fully saturated rings. The third-order valence-corrected chi connectivity index (χ3v) is 4.07. The Hall–Kier alpha value is -1.91. The largest absolute Gasteiger partial charge is 0.481 e. The van der Waals surface area contributed by atoms with Crippen LogP contribution < -0.4 is 4.72 Å². The van der Waals surface area contributed by atoms with Crippen LogP contribution in [0.1, 0.15) is 25.3 Å². The average molecular weight is 282 g/mol. The SMILES string of the molecule is CCC(CC(=O)O)NS(=O)(=O)c1ccc(C#N)cc1. The molecule has 0 aliphatic heterocycles. The fourth-order valence-corrected chi connectivity index (χ4v) is 2.80. The van der Waals surface area contributed by atoms with E-state index in [9.17, 15) is 13.2 Å². The van der Waals surface area contributed by atoms with E-state index in [-0.39, 0.29) is 11.3 Å². The first kappa shape index (κ1) is 15.1. The van der Waals surface area contributed by atoms with Crippen molar-refractivity contribution in [1.29, 1.82) is 5.26 Å². The molecule has 0 saturated carbocycles. The number of hydrogen-bond acceptors (Lipinski definition) is 4. The van der Waals surface area contributed by atoms with E-state index in [2.05, 4.69) is 4.72 Å². The van der Waals surface area contributed by atoms with Crippen molar-refractivity contribution < 1.29 is 18.3 Å². The lowest BCUT2D eigenvalue weighted by Gasteiger charge is -2.15. The summed E-state index contributed by atoms with van der Waals surface area (Å²) in [5.74, 6) is -1.06. The summed E-state index contributed by atoms with van der Waals surface area (Å²) in [5.41, 5.74) is 0.358. The Morgan fingerprint density at radius 2 is 2.00 bits per heavy atom. The first-order valence-electron chi connectivity index (χ1n) is 5.63. The van der Waals surface area contributed by atoms with Gasteiger partial charge in [-0.1, -0.05) is 6.92 Å². The number of carbonyl (C=O) groups is 1. The summed E-state index contributed by atoms with van der Waals surface area (Å²) in [6.07, 6.45) is 0.105. The zero-order chi connectivity index (χ0) is 14.5. The van der Waals surface area contributed by atoms with Gasteiger partial charge in [-0.2, -0.15) is 5.26 Å². The van der Waals surface area contributed by atoms with Crippen LogP contribution >= 0.6 is 0 Å². The average Bonchev–Trinajstić information content (AvgIpc) is 2.37. The van der Waals surface area contributed by atoms with Crippen molar-refractivity contribution >= 4 is 16.0 Å². The lowest BCUT2D eigenvalue weighted by molar-refractivity contribution is -0.137. The Kier molecular flexibility index (Phi) is 5.03.